The normalized spacial score (nSPS) is 41.3. The van der Waals surface area contributed by atoms with Gasteiger partial charge in [0.2, 0.25) is 0 Å². The molecule has 2 saturated carbocycles. The van der Waals surface area contributed by atoms with Crippen molar-refractivity contribution in [3.8, 4) is 0 Å². The summed E-state index contributed by atoms with van der Waals surface area (Å²) in [6, 6.07) is 8.37. The summed E-state index contributed by atoms with van der Waals surface area (Å²) < 4.78 is 0. The quantitative estimate of drug-likeness (QED) is 0.791. The predicted molar refractivity (Wildman–Crippen MR) is 74.3 cm³/mol. The van der Waals surface area contributed by atoms with E-state index in [1.165, 1.54) is 18.4 Å². The maximum Gasteiger partial charge on any atom is 0.101 e. The van der Waals surface area contributed by atoms with Gasteiger partial charge in [-0.3, -0.25) is 0 Å². The molecule has 0 radical (unpaired) electrons. The van der Waals surface area contributed by atoms with Crippen LogP contribution in [0.3, 0.4) is 0 Å². The number of aryl methyl sites for hydroxylation is 1. The minimum atomic E-state index is -0.672. The van der Waals surface area contributed by atoms with Gasteiger partial charge in [0.1, 0.15) is 5.60 Å². The molecule has 0 amide bonds. The van der Waals surface area contributed by atoms with Crippen LogP contribution in [0.4, 0.5) is 0 Å². The highest BCUT2D eigenvalue weighted by Crippen LogP contribution is 2.71. The average Bonchev–Trinajstić information content (AvgIpc) is 2.78. The van der Waals surface area contributed by atoms with E-state index in [-0.39, 0.29) is 10.8 Å². The molecule has 3 unspecified atom stereocenters. The van der Waals surface area contributed by atoms with Crippen LogP contribution >= 0.6 is 0 Å². The van der Waals surface area contributed by atoms with Crippen LogP contribution in [0.1, 0.15) is 51.2 Å². The fraction of sp³-hybridized carbons (Fsp3) is 0.647. The molecule has 3 atom stereocenters. The van der Waals surface area contributed by atoms with E-state index in [9.17, 15) is 5.11 Å². The Bertz CT molecular complexity index is 483. The molecule has 2 bridgehead atoms. The summed E-state index contributed by atoms with van der Waals surface area (Å²) in [5.74, 6) is 0.659. The van der Waals surface area contributed by atoms with E-state index in [0.717, 1.165) is 12.0 Å². The standard InChI is InChI=1S/C17H24O/c1-12-7-5-6-8-14(12)17(18)15(2,3)13-9-10-16(17,4)11-13/h5-8,13,18H,9-11H2,1-4H3. The second-order valence-corrected chi connectivity index (χ2v) is 7.25. The molecule has 0 heterocycles. The van der Waals surface area contributed by atoms with Crippen molar-refractivity contribution in [2.24, 2.45) is 16.7 Å². The van der Waals surface area contributed by atoms with Gasteiger partial charge >= 0.3 is 0 Å². The van der Waals surface area contributed by atoms with Crippen LogP contribution in [0, 0.1) is 23.7 Å². The van der Waals surface area contributed by atoms with Gasteiger partial charge in [-0.15, -0.1) is 0 Å². The number of hydrogen-bond donors (Lipinski definition) is 1. The monoisotopic (exact) mass is 244 g/mol. The molecular formula is C17H24O. The van der Waals surface area contributed by atoms with E-state index in [0.29, 0.717) is 5.92 Å². The van der Waals surface area contributed by atoms with E-state index in [4.69, 9.17) is 0 Å². The van der Waals surface area contributed by atoms with Crippen LogP contribution in [0.25, 0.3) is 0 Å². The lowest BCUT2D eigenvalue weighted by Crippen LogP contribution is -2.51. The molecule has 2 aliphatic rings. The minimum absolute atomic E-state index is 0.0217. The Balaban J connectivity index is 2.23. The van der Waals surface area contributed by atoms with E-state index in [1.807, 2.05) is 0 Å². The van der Waals surface area contributed by atoms with Crippen molar-refractivity contribution in [1.29, 1.82) is 0 Å². The molecule has 1 N–H and O–H groups in total. The topological polar surface area (TPSA) is 20.2 Å². The summed E-state index contributed by atoms with van der Waals surface area (Å²) in [7, 11) is 0. The van der Waals surface area contributed by atoms with Crippen molar-refractivity contribution >= 4 is 0 Å². The zero-order valence-corrected chi connectivity index (χ0v) is 12.0. The molecule has 98 valence electrons. The van der Waals surface area contributed by atoms with Gasteiger partial charge in [0, 0.05) is 10.8 Å². The summed E-state index contributed by atoms with van der Waals surface area (Å²) in [6.45, 7) is 8.93. The number of fused-ring (bicyclic) bond motifs is 2. The van der Waals surface area contributed by atoms with Crippen molar-refractivity contribution < 1.29 is 5.11 Å². The predicted octanol–water partition coefficient (Wildman–Crippen LogP) is 4.03. The molecule has 1 aromatic rings. The molecule has 18 heavy (non-hydrogen) atoms. The van der Waals surface area contributed by atoms with Crippen LogP contribution < -0.4 is 0 Å². The third-order valence-corrected chi connectivity index (χ3v) is 6.10. The largest absolute Gasteiger partial charge is 0.384 e. The summed E-state index contributed by atoms with van der Waals surface area (Å²) >= 11 is 0. The summed E-state index contributed by atoms with van der Waals surface area (Å²) in [5, 5.41) is 11.6. The first-order valence-corrected chi connectivity index (χ1v) is 7.11. The smallest absolute Gasteiger partial charge is 0.101 e. The highest BCUT2D eigenvalue weighted by Gasteiger charge is 2.69. The lowest BCUT2D eigenvalue weighted by atomic mass is 9.57. The highest BCUT2D eigenvalue weighted by atomic mass is 16.3. The summed E-state index contributed by atoms with van der Waals surface area (Å²) in [6.07, 6.45) is 3.61. The molecule has 0 aliphatic heterocycles. The molecule has 1 aromatic carbocycles. The van der Waals surface area contributed by atoms with Gasteiger partial charge < -0.3 is 5.11 Å². The van der Waals surface area contributed by atoms with Crippen LogP contribution in [0.15, 0.2) is 24.3 Å². The van der Waals surface area contributed by atoms with Crippen molar-refractivity contribution in [2.75, 3.05) is 0 Å². The molecule has 0 spiro atoms. The molecule has 1 heteroatoms. The molecule has 0 aromatic heterocycles. The van der Waals surface area contributed by atoms with Gasteiger partial charge in [-0.2, -0.15) is 0 Å². The van der Waals surface area contributed by atoms with Crippen molar-refractivity contribution in [3.63, 3.8) is 0 Å². The Morgan fingerprint density at radius 1 is 1.17 bits per heavy atom. The van der Waals surface area contributed by atoms with Crippen LogP contribution in [-0.2, 0) is 5.60 Å². The molecule has 2 aliphatic carbocycles. The minimum Gasteiger partial charge on any atom is -0.384 e. The Morgan fingerprint density at radius 2 is 1.83 bits per heavy atom. The Morgan fingerprint density at radius 3 is 2.39 bits per heavy atom. The van der Waals surface area contributed by atoms with E-state index >= 15 is 0 Å². The maximum absolute atomic E-state index is 11.6. The van der Waals surface area contributed by atoms with Crippen LogP contribution in [0.2, 0.25) is 0 Å². The second-order valence-electron chi connectivity index (χ2n) is 7.25. The first-order valence-electron chi connectivity index (χ1n) is 7.11. The Kier molecular flexibility index (Phi) is 2.30. The molecule has 2 fully saturated rings. The zero-order valence-electron chi connectivity index (χ0n) is 12.0. The van der Waals surface area contributed by atoms with Gasteiger partial charge in [0.15, 0.2) is 0 Å². The lowest BCUT2D eigenvalue weighted by Gasteiger charge is -2.51. The molecule has 3 rings (SSSR count). The number of hydrogen-bond acceptors (Lipinski definition) is 1. The van der Waals surface area contributed by atoms with Crippen LogP contribution in [-0.4, -0.2) is 5.11 Å². The second kappa shape index (κ2) is 3.39. The first-order chi connectivity index (χ1) is 8.33. The SMILES string of the molecule is Cc1ccccc1C1(O)C2(C)CCC(C2)C1(C)C. The van der Waals surface area contributed by atoms with E-state index in [1.54, 1.807) is 0 Å². The van der Waals surface area contributed by atoms with Gasteiger partial charge in [-0.05, 0) is 43.2 Å². The van der Waals surface area contributed by atoms with Crippen LogP contribution in [0.5, 0.6) is 0 Å². The van der Waals surface area contributed by atoms with Crippen molar-refractivity contribution in [2.45, 2.75) is 52.6 Å². The number of aliphatic hydroxyl groups is 1. The summed E-state index contributed by atoms with van der Waals surface area (Å²) in [5.41, 5.74) is 1.73. The molecule has 0 saturated heterocycles. The molecular weight excluding hydrogens is 220 g/mol. The van der Waals surface area contributed by atoms with E-state index in [2.05, 4.69) is 52.0 Å². The Hall–Kier alpha value is -0.820. The van der Waals surface area contributed by atoms with Gasteiger partial charge in [0.05, 0.1) is 0 Å². The molecule has 1 nitrogen and oxygen atoms in total. The zero-order chi connectivity index (χ0) is 13.2. The lowest BCUT2D eigenvalue weighted by molar-refractivity contribution is -0.151. The Labute approximate surface area is 110 Å². The number of rotatable bonds is 1. The third kappa shape index (κ3) is 1.17. The first kappa shape index (κ1) is 12.2. The summed E-state index contributed by atoms with van der Waals surface area (Å²) in [4.78, 5) is 0. The third-order valence-electron chi connectivity index (χ3n) is 6.10. The fourth-order valence-corrected chi connectivity index (χ4v) is 4.91. The fourth-order valence-electron chi connectivity index (χ4n) is 4.91. The highest BCUT2D eigenvalue weighted by molar-refractivity contribution is 5.38. The van der Waals surface area contributed by atoms with Gasteiger partial charge in [-0.25, -0.2) is 0 Å². The maximum atomic E-state index is 11.6. The van der Waals surface area contributed by atoms with Crippen molar-refractivity contribution in [3.05, 3.63) is 35.4 Å². The van der Waals surface area contributed by atoms with Gasteiger partial charge in [-0.1, -0.05) is 45.0 Å². The van der Waals surface area contributed by atoms with Gasteiger partial charge in [0.25, 0.3) is 0 Å². The van der Waals surface area contributed by atoms with E-state index < -0.39 is 5.60 Å². The van der Waals surface area contributed by atoms with Crippen molar-refractivity contribution in [1.82, 2.24) is 0 Å². The number of benzene rings is 1. The average molecular weight is 244 g/mol.